The lowest BCUT2D eigenvalue weighted by molar-refractivity contribution is 0.0203. The summed E-state index contributed by atoms with van der Waals surface area (Å²) in [5.74, 6) is 0. The van der Waals surface area contributed by atoms with Crippen molar-refractivity contribution < 1.29 is 9.53 Å². The molecule has 0 aliphatic heterocycles. The van der Waals surface area contributed by atoms with E-state index in [-0.39, 0.29) is 11.1 Å². The Balaban J connectivity index is 3.11. The molecule has 0 bridgehead atoms. The van der Waals surface area contributed by atoms with E-state index >= 15 is 0 Å². The zero-order chi connectivity index (χ0) is 17.8. The van der Waals surface area contributed by atoms with Crippen LogP contribution in [0.15, 0.2) is 18.2 Å². The number of rotatable bonds is 7. The Labute approximate surface area is 152 Å². The standard InChI is InChI=1S/C18H30Cl2O2Si/c1-7-8-12-15(22-23(5,6)18(2,3)4)17(21)16-13(19)10-9-11-14(16)20/h9-11,15,17,21H,7-8,12H2,1-6H3/t15?,17-/m1/s1. The molecular weight excluding hydrogens is 347 g/mol. The second-order valence-corrected chi connectivity index (χ2v) is 13.2. The van der Waals surface area contributed by atoms with Gasteiger partial charge in [0, 0.05) is 15.6 Å². The van der Waals surface area contributed by atoms with E-state index in [2.05, 4.69) is 40.8 Å². The van der Waals surface area contributed by atoms with Crippen molar-refractivity contribution in [3.63, 3.8) is 0 Å². The molecule has 0 spiro atoms. The number of hydrogen-bond acceptors (Lipinski definition) is 2. The maximum Gasteiger partial charge on any atom is 0.192 e. The van der Waals surface area contributed by atoms with Gasteiger partial charge in [-0.3, -0.25) is 0 Å². The third-order valence-corrected chi connectivity index (χ3v) is 9.91. The summed E-state index contributed by atoms with van der Waals surface area (Å²) in [6.45, 7) is 13.1. The Morgan fingerprint density at radius 2 is 1.70 bits per heavy atom. The first-order valence-electron chi connectivity index (χ1n) is 8.31. The minimum Gasteiger partial charge on any atom is -0.411 e. The highest BCUT2D eigenvalue weighted by molar-refractivity contribution is 6.74. The van der Waals surface area contributed by atoms with E-state index in [0.29, 0.717) is 15.6 Å². The molecule has 1 aromatic carbocycles. The van der Waals surface area contributed by atoms with Gasteiger partial charge in [-0.05, 0) is 36.7 Å². The molecule has 2 nitrogen and oxygen atoms in total. The SMILES string of the molecule is CCCCC(O[Si](C)(C)C(C)(C)C)[C@@H](O)c1c(Cl)cccc1Cl. The smallest absolute Gasteiger partial charge is 0.192 e. The molecule has 2 atom stereocenters. The lowest BCUT2D eigenvalue weighted by Gasteiger charge is -2.40. The maximum atomic E-state index is 10.9. The van der Waals surface area contributed by atoms with Crippen LogP contribution in [0.2, 0.25) is 28.2 Å². The van der Waals surface area contributed by atoms with E-state index in [1.54, 1.807) is 18.2 Å². The average Bonchev–Trinajstić information content (AvgIpc) is 2.41. The quantitative estimate of drug-likeness (QED) is 0.542. The molecule has 132 valence electrons. The summed E-state index contributed by atoms with van der Waals surface area (Å²) in [7, 11) is -1.99. The van der Waals surface area contributed by atoms with Crippen molar-refractivity contribution in [3.8, 4) is 0 Å². The second kappa shape index (κ2) is 8.35. The van der Waals surface area contributed by atoms with Crippen molar-refractivity contribution in [1.29, 1.82) is 0 Å². The molecule has 0 saturated heterocycles. The first kappa shape index (κ1) is 21.0. The monoisotopic (exact) mass is 376 g/mol. The minimum absolute atomic E-state index is 0.0848. The Kier molecular flexibility index (Phi) is 7.62. The Hall–Kier alpha value is -0.0631. The van der Waals surface area contributed by atoms with E-state index in [1.165, 1.54) is 0 Å². The van der Waals surface area contributed by atoms with Gasteiger partial charge in [0.25, 0.3) is 0 Å². The molecule has 1 unspecified atom stereocenters. The largest absolute Gasteiger partial charge is 0.411 e. The second-order valence-electron chi connectivity index (χ2n) is 7.64. The van der Waals surface area contributed by atoms with Gasteiger partial charge in [-0.1, -0.05) is 69.8 Å². The first-order chi connectivity index (χ1) is 10.5. The van der Waals surface area contributed by atoms with Crippen molar-refractivity contribution in [3.05, 3.63) is 33.8 Å². The summed E-state index contributed by atoms with van der Waals surface area (Å²) in [5, 5.41) is 12.0. The van der Waals surface area contributed by atoms with Crippen LogP contribution in [0.1, 0.15) is 58.6 Å². The summed E-state index contributed by atoms with van der Waals surface area (Å²) >= 11 is 12.5. The van der Waals surface area contributed by atoms with Gasteiger partial charge in [-0.15, -0.1) is 0 Å². The number of benzene rings is 1. The lowest BCUT2D eigenvalue weighted by Crippen LogP contribution is -2.45. The molecule has 0 aromatic heterocycles. The van der Waals surface area contributed by atoms with Crippen LogP contribution in [0.5, 0.6) is 0 Å². The molecule has 1 rings (SSSR count). The van der Waals surface area contributed by atoms with E-state index in [4.69, 9.17) is 27.6 Å². The highest BCUT2D eigenvalue weighted by Crippen LogP contribution is 2.41. The van der Waals surface area contributed by atoms with Crippen molar-refractivity contribution in [2.75, 3.05) is 0 Å². The summed E-state index contributed by atoms with van der Waals surface area (Å²) < 4.78 is 6.50. The summed E-state index contributed by atoms with van der Waals surface area (Å²) in [5.41, 5.74) is 0.579. The number of hydrogen-bond donors (Lipinski definition) is 1. The van der Waals surface area contributed by atoms with Gasteiger partial charge in [0.15, 0.2) is 8.32 Å². The fourth-order valence-electron chi connectivity index (χ4n) is 2.22. The first-order valence-corrected chi connectivity index (χ1v) is 12.0. The van der Waals surface area contributed by atoms with E-state index in [1.807, 2.05) is 0 Å². The average molecular weight is 377 g/mol. The van der Waals surface area contributed by atoms with Crippen molar-refractivity contribution in [2.24, 2.45) is 0 Å². The molecule has 1 N–H and O–H groups in total. The van der Waals surface area contributed by atoms with Gasteiger partial charge < -0.3 is 9.53 Å². The van der Waals surface area contributed by atoms with Crippen molar-refractivity contribution in [2.45, 2.75) is 77.3 Å². The van der Waals surface area contributed by atoms with Crippen LogP contribution in [-0.2, 0) is 4.43 Å². The fourth-order valence-corrected chi connectivity index (χ4v) is 4.20. The van der Waals surface area contributed by atoms with Crippen molar-refractivity contribution >= 4 is 31.5 Å². The number of aliphatic hydroxyl groups is 1. The summed E-state index contributed by atoms with van der Waals surface area (Å²) in [4.78, 5) is 0. The van der Waals surface area contributed by atoms with E-state index in [9.17, 15) is 5.11 Å². The van der Waals surface area contributed by atoms with Crippen LogP contribution >= 0.6 is 23.2 Å². The van der Waals surface area contributed by atoms with Gasteiger partial charge in [0.05, 0.1) is 6.10 Å². The molecule has 0 aliphatic rings. The summed E-state index contributed by atoms with van der Waals surface area (Å²) in [6, 6.07) is 5.31. The van der Waals surface area contributed by atoms with Gasteiger partial charge in [0.1, 0.15) is 6.10 Å². The van der Waals surface area contributed by atoms with Crippen LogP contribution in [-0.4, -0.2) is 19.5 Å². The third kappa shape index (κ3) is 5.47. The number of halogens is 2. The molecule has 0 amide bonds. The molecule has 0 aliphatic carbocycles. The highest BCUT2D eigenvalue weighted by atomic mass is 35.5. The number of aliphatic hydroxyl groups excluding tert-OH is 1. The lowest BCUT2D eigenvalue weighted by atomic mass is 10.00. The van der Waals surface area contributed by atoms with Crippen LogP contribution in [0, 0.1) is 0 Å². The zero-order valence-electron chi connectivity index (χ0n) is 15.1. The Bertz CT molecular complexity index is 492. The molecule has 23 heavy (non-hydrogen) atoms. The molecular formula is C18H30Cl2O2Si. The van der Waals surface area contributed by atoms with Crippen molar-refractivity contribution in [1.82, 2.24) is 0 Å². The predicted molar refractivity (Wildman–Crippen MR) is 103 cm³/mol. The predicted octanol–water partition coefficient (Wildman–Crippen LogP) is 6.61. The Morgan fingerprint density at radius 3 is 2.13 bits per heavy atom. The molecule has 0 saturated carbocycles. The van der Waals surface area contributed by atoms with Gasteiger partial charge in [0.2, 0.25) is 0 Å². The van der Waals surface area contributed by atoms with Crippen LogP contribution in [0.25, 0.3) is 0 Å². The molecule has 0 radical (unpaired) electrons. The maximum absolute atomic E-state index is 10.9. The van der Waals surface area contributed by atoms with E-state index in [0.717, 1.165) is 19.3 Å². The van der Waals surface area contributed by atoms with Gasteiger partial charge in [-0.2, -0.15) is 0 Å². The topological polar surface area (TPSA) is 29.5 Å². The van der Waals surface area contributed by atoms with Crippen LogP contribution < -0.4 is 0 Å². The van der Waals surface area contributed by atoms with Crippen LogP contribution in [0.4, 0.5) is 0 Å². The third-order valence-electron chi connectivity index (χ3n) is 4.74. The molecule has 5 heteroatoms. The number of unbranched alkanes of at least 4 members (excludes halogenated alkanes) is 1. The van der Waals surface area contributed by atoms with Gasteiger partial charge >= 0.3 is 0 Å². The normalized spacial score (nSPS) is 15.5. The van der Waals surface area contributed by atoms with Gasteiger partial charge in [-0.25, -0.2) is 0 Å². The van der Waals surface area contributed by atoms with Crippen LogP contribution in [0.3, 0.4) is 0 Å². The fraction of sp³-hybridized carbons (Fsp3) is 0.667. The highest BCUT2D eigenvalue weighted by Gasteiger charge is 2.41. The molecule has 1 aromatic rings. The van der Waals surface area contributed by atoms with E-state index < -0.39 is 14.4 Å². The molecule has 0 fully saturated rings. The Morgan fingerprint density at radius 1 is 1.17 bits per heavy atom. The summed E-state index contributed by atoms with van der Waals surface area (Å²) in [6.07, 6.45) is 1.76. The minimum atomic E-state index is -1.99. The molecule has 0 heterocycles. The zero-order valence-corrected chi connectivity index (χ0v) is 17.6.